The lowest BCUT2D eigenvalue weighted by Gasteiger charge is -2.08. The third-order valence-electron chi connectivity index (χ3n) is 3.34. The van der Waals surface area contributed by atoms with Gasteiger partial charge in [-0.3, -0.25) is 4.79 Å². The van der Waals surface area contributed by atoms with Gasteiger partial charge in [0.25, 0.3) is 5.56 Å². The van der Waals surface area contributed by atoms with E-state index in [-0.39, 0.29) is 11.3 Å². The molecule has 0 amide bonds. The summed E-state index contributed by atoms with van der Waals surface area (Å²) in [5.74, 6) is 0.0445. The number of nitrogens with one attached hydrogen (secondary N) is 1. The first-order valence-corrected chi connectivity index (χ1v) is 7.46. The van der Waals surface area contributed by atoms with Crippen LogP contribution in [0.1, 0.15) is 11.1 Å². The van der Waals surface area contributed by atoms with Crippen LogP contribution in [-0.4, -0.2) is 10.1 Å². The van der Waals surface area contributed by atoms with Gasteiger partial charge in [-0.25, -0.2) is 0 Å². The highest BCUT2D eigenvalue weighted by Gasteiger charge is 2.13. The molecule has 0 fully saturated rings. The van der Waals surface area contributed by atoms with E-state index in [1.165, 1.54) is 11.8 Å². The minimum absolute atomic E-state index is 0.0445. The van der Waals surface area contributed by atoms with Crippen molar-refractivity contribution < 1.29 is 5.11 Å². The van der Waals surface area contributed by atoms with Crippen LogP contribution in [-0.2, 0) is 0 Å². The quantitative estimate of drug-likeness (QED) is 0.751. The molecule has 0 radical (unpaired) electrons. The van der Waals surface area contributed by atoms with E-state index in [1.807, 2.05) is 56.3 Å². The van der Waals surface area contributed by atoms with E-state index in [4.69, 9.17) is 0 Å². The number of benzene rings is 2. The molecule has 0 spiro atoms. The summed E-state index contributed by atoms with van der Waals surface area (Å²) in [6.07, 6.45) is 0. The maximum absolute atomic E-state index is 12.2. The molecule has 2 aromatic carbocycles. The molecule has 3 rings (SSSR count). The molecule has 4 heteroatoms. The molecule has 1 aromatic heterocycles. The van der Waals surface area contributed by atoms with Crippen molar-refractivity contribution in [2.45, 2.75) is 23.6 Å². The number of aryl methyl sites for hydroxylation is 2. The average Bonchev–Trinajstić information content (AvgIpc) is 2.46. The lowest BCUT2D eigenvalue weighted by molar-refractivity contribution is 0.467. The molecule has 1 heterocycles. The molecule has 3 nitrogen and oxygen atoms in total. The second-order valence-electron chi connectivity index (χ2n) is 5.10. The molecule has 3 aromatic rings. The zero-order valence-corrected chi connectivity index (χ0v) is 12.6. The molecule has 2 N–H and O–H groups in total. The summed E-state index contributed by atoms with van der Waals surface area (Å²) in [4.78, 5) is 16.3. The van der Waals surface area contributed by atoms with Gasteiger partial charge in [0.15, 0.2) is 0 Å². The summed E-state index contributed by atoms with van der Waals surface area (Å²) in [6.45, 7) is 3.97. The maximum atomic E-state index is 12.2. The highest BCUT2D eigenvalue weighted by Crippen LogP contribution is 2.35. The fraction of sp³-hybridized carbons (Fsp3) is 0.118. The number of hydrogen-bond acceptors (Lipinski definition) is 3. The van der Waals surface area contributed by atoms with Gasteiger partial charge in [-0.15, -0.1) is 0 Å². The van der Waals surface area contributed by atoms with Crippen LogP contribution in [0.15, 0.2) is 57.1 Å². The van der Waals surface area contributed by atoms with Crippen molar-refractivity contribution in [3.8, 4) is 5.75 Å². The highest BCUT2D eigenvalue weighted by atomic mass is 32.2. The van der Waals surface area contributed by atoms with Crippen LogP contribution < -0.4 is 5.56 Å². The van der Waals surface area contributed by atoms with Gasteiger partial charge < -0.3 is 10.1 Å². The van der Waals surface area contributed by atoms with Crippen molar-refractivity contribution in [2.75, 3.05) is 0 Å². The Morgan fingerprint density at radius 3 is 2.38 bits per heavy atom. The Hall–Kier alpha value is -2.20. The zero-order chi connectivity index (χ0) is 15.0. The minimum Gasteiger partial charge on any atom is -0.506 e. The van der Waals surface area contributed by atoms with Crippen LogP contribution in [0.4, 0.5) is 0 Å². The van der Waals surface area contributed by atoms with E-state index < -0.39 is 0 Å². The van der Waals surface area contributed by atoms with E-state index in [9.17, 15) is 9.90 Å². The van der Waals surface area contributed by atoms with Crippen molar-refractivity contribution >= 4 is 22.7 Å². The average molecular weight is 297 g/mol. The molecule has 0 bridgehead atoms. The lowest BCUT2D eigenvalue weighted by atomic mass is 10.1. The van der Waals surface area contributed by atoms with Gasteiger partial charge >= 0.3 is 0 Å². The minimum atomic E-state index is -0.269. The van der Waals surface area contributed by atoms with E-state index in [0.717, 1.165) is 16.0 Å². The zero-order valence-electron chi connectivity index (χ0n) is 11.8. The van der Waals surface area contributed by atoms with E-state index in [1.54, 1.807) is 0 Å². The fourth-order valence-corrected chi connectivity index (χ4v) is 3.05. The number of H-pyrrole nitrogens is 1. The molecule has 0 saturated heterocycles. The van der Waals surface area contributed by atoms with Crippen molar-refractivity contribution in [2.24, 2.45) is 0 Å². The summed E-state index contributed by atoms with van der Waals surface area (Å²) < 4.78 is 0. The highest BCUT2D eigenvalue weighted by molar-refractivity contribution is 7.99. The van der Waals surface area contributed by atoms with Crippen LogP contribution >= 0.6 is 11.8 Å². The molecule has 21 heavy (non-hydrogen) atoms. The van der Waals surface area contributed by atoms with E-state index in [0.29, 0.717) is 15.8 Å². The summed E-state index contributed by atoms with van der Waals surface area (Å²) in [5, 5.41) is 11.1. The number of aromatic hydroxyl groups is 1. The van der Waals surface area contributed by atoms with Crippen LogP contribution in [0, 0.1) is 13.8 Å². The summed E-state index contributed by atoms with van der Waals surface area (Å²) in [7, 11) is 0. The topological polar surface area (TPSA) is 53.1 Å². The lowest BCUT2D eigenvalue weighted by Crippen LogP contribution is -2.08. The van der Waals surface area contributed by atoms with Gasteiger partial charge in [0.05, 0.1) is 5.52 Å². The normalized spacial score (nSPS) is 11.0. The molecule has 0 unspecified atom stereocenters. The van der Waals surface area contributed by atoms with Crippen LogP contribution in [0.2, 0.25) is 0 Å². The van der Waals surface area contributed by atoms with Crippen molar-refractivity contribution in [1.82, 2.24) is 4.98 Å². The third-order valence-corrected chi connectivity index (χ3v) is 4.43. The van der Waals surface area contributed by atoms with Crippen LogP contribution in [0.5, 0.6) is 5.75 Å². The van der Waals surface area contributed by atoms with Gasteiger partial charge in [-0.2, -0.15) is 0 Å². The third kappa shape index (κ3) is 2.67. The molecule has 0 saturated carbocycles. The van der Waals surface area contributed by atoms with Crippen molar-refractivity contribution in [3.05, 3.63) is 63.9 Å². The smallest absolute Gasteiger partial charge is 0.266 e. The van der Waals surface area contributed by atoms with Crippen LogP contribution in [0.25, 0.3) is 10.9 Å². The fourth-order valence-electron chi connectivity index (χ4n) is 2.19. The molecule has 0 aliphatic rings. The first kappa shape index (κ1) is 13.8. The Kier molecular flexibility index (Phi) is 3.47. The van der Waals surface area contributed by atoms with Crippen molar-refractivity contribution in [3.63, 3.8) is 0 Å². The Balaban J connectivity index is 2.13. The molecule has 0 aliphatic heterocycles. The predicted octanol–water partition coefficient (Wildman–Crippen LogP) is 4.00. The number of fused-ring (bicyclic) bond motifs is 1. The van der Waals surface area contributed by atoms with Gasteiger partial charge in [0, 0.05) is 10.3 Å². The number of aromatic nitrogens is 1. The van der Waals surface area contributed by atoms with Gasteiger partial charge in [0.2, 0.25) is 0 Å². The summed E-state index contributed by atoms with van der Waals surface area (Å²) >= 11 is 1.28. The standard InChI is InChI=1S/C17H15NO2S/c1-10-3-6-12(7-4-10)21-16-15(19)13-9-11(2)5-8-14(13)18-17(16)20/h3-9H,1-2H3,(H2,18,19,20). The Morgan fingerprint density at radius 1 is 1.00 bits per heavy atom. The maximum Gasteiger partial charge on any atom is 0.266 e. The summed E-state index contributed by atoms with van der Waals surface area (Å²) in [6, 6.07) is 13.5. The van der Waals surface area contributed by atoms with Gasteiger partial charge in [-0.05, 0) is 38.1 Å². The van der Waals surface area contributed by atoms with Crippen LogP contribution in [0.3, 0.4) is 0 Å². The number of aromatic amines is 1. The molecule has 0 aliphatic carbocycles. The van der Waals surface area contributed by atoms with Crippen molar-refractivity contribution in [1.29, 1.82) is 0 Å². The van der Waals surface area contributed by atoms with E-state index >= 15 is 0 Å². The first-order valence-electron chi connectivity index (χ1n) is 6.65. The SMILES string of the molecule is Cc1ccc(Sc2c(O)c3cc(C)ccc3[nH]c2=O)cc1. The monoisotopic (exact) mass is 297 g/mol. The van der Waals surface area contributed by atoms with E-state index in [2.05, 4.69) is 4.98 Å². The van der Waals surface area contributed by atoms with Gasteiger partial charge in [-0.1, -0.05) is 41.1 Å². The Labute approximate surface area is 126 Å². The second kappa shape index (κ2) is 5.30. The van der Waals surface area contributed by atoms with Gasteiger partial charge in [0.1, 0.15) is 10.6 Å². The number of pyridine rings is 1. The molecule has 0 atom stereocenters. The summed E-state index contributed by atoms with van der Waals surface area (Å²) in [5.41, 5.74) is 2.58. The number of hydrogen-bond donors (Lipinski definition) is 2. The number of rotatable bonds is 2. The Bertz CT molecular complexity index is 866. The molecule has 106 valence electrons. The second-order valence-corrected chi connectivity index (χ2v) is 6.18. The molecular weight excluding hydrogens is 282 g/mol. The Morgan fingerprint density at radius 2 is 1.67 bits per heavy atom. The predicted molar refractivity (Wildman–Crippen MR) is 86.3 cm³/mol. The molecular formula is C17H15NO2S. The first-order chi connectivity index (χ1) is 10.0. The largest absolute Gasteiger partial charge is 0.506 e.